The van der Waals surface area contributed by atoms with Gasteiger partial charge in [0.05, 0.1) is 0 Å². The predicted molar refractivity (Wildman–Crippen MR) is 275 cm³/mol. The zero-order valence-corrected chi connectivity index (χ0v) is 44.1. The Morgan fingerprint density at radius 3 is 0.812 bits per heavy atom. The van der Waals surface area contributed by atoms with Crippen LogP contribution in [0.15, 0.2) is 0 Å². The first-order chi connectivity index (χ1) is 31.2. The van der Waals surface area contributed by atoms with Gasteiger partial charge in [-0.3, -0.25) is 14.4 Å². The zero-order chi connectivity index (χ0) is 47.0. The van der Waals surface area contributed by atoms with Crippen molar-refractivity contribution < 1.29 is 28.6 Å². The number of esters is 3. The van der Waals surface area contributed by atoms with Crippen LogP contribution in [0.25, 0.3) is 0 Å². The molecule has 0 rings (SSSR count). The molecule has 0 heterocycles. The van der Waals surface area contributed by atoms with Gasteiger partial charge in [-0.2, -0.15) is 0 Å². The molecule has 0 fully saturated rings. The molecule has 6 heteroatoms. The monoisotopic (exact) mass is 905 g/mol. The quantitative estimate of drug-likeness (QED) is 0.0344. The topological polar surface area (TPSA) is 78.9 Å². The summed E-state index contributed by atoms with van der Waals surface area (Å²) >= 11 is 0. The van der Waals surface area contributed by atoms with Gasteiger partial charge in [-0.05, 0) is 37.0 Å². The van der Waals surface area contributed by atoms with Gasteiger partial charge in [-0.1, -0.05) is 279 Å². The van der Waals surface area contributed by atoms with E-state index >= 15 is 0 Å². The number of hydrogen-bond acceptors (Lipinski definition) is 6. The molecule has 0 aliphatic carbocycles. The largest absolute Gasteiger partial charge is 0.462 e. The molecule has 0 aromatic carbocycles. The fraction of sp³-hybridized carbons (Fsp3) is 0.948. The summed E-state index contributed by atoms with van der Waals surface area (Å²) in [6.07, 6.45) is 50.8. The van der Waals surface area contributed by atoms with Crippen molar-refractivity contribution in [3.8, 4) is 0 Å². The minimum Gasteiger partial charge on any atom is -0.462 e. The highest BCUT2D eigenvalue weighted by atomic mass is 16.6. The van der Waals surface area contributed by atoms with Crippen molar-refractivity contribution >= 4 is 17.9 Å². The van der Waals surface area contributed by atoms with Crippen LogP contribution in [0.5, 0.6) is 0 Å². The second kappa shape index (κ2) is 49.3. The second-order valence-corrected chi connectivity index (χ2v) is 20.9. The SMILES string of the molecule is CCC(C)CCCCCCCCCCCCCCCCC(=O)O[C@@H](COC(=O)CCCCCCCCCCCCCC(C)C)COC(=O)CCCCCCCCCCCCC(C)CC. The molecule has 0 aromatic rings. The van der Waals surface area contributed by atoms with Gasteiger partial charge in [0, 0.05) is 19.3 Å². The van der Waals surface area contributed by atoms with E-state index in [1.165, 1.54) is 199 Å². The number of hydrogen-bond donors (Lipinski definition) is 0. The van der Waals surface area contributed by atoms with Crippen molar-refractivity contribution in [2.24, 2.45) is 17.8 Å². The fourth-order valence-corrected chi connectivity index (χ4v) is 8.76. The number of ether oxygens (including phenoxy) is 3. The number of carbonyl (C=O) groups is 3. The molecule has 6 nitrogen and oxygen atoms in total. The third-order valence-electron chi connectivity index (χ3n) is 13.9. The van der Waals surface area contributed by atoms with Crippen LogP contribution in [0.4, 0.5) is 0 Å². The molecule has 0 aliphatic rings. The molecule has 2 unspecified atom stereocenters. The third-order valence-corrected chi connectivity index (χ3v) is 13.9. The molecule has 0 spiro atoms. The Bertz CT molecular complexity index is 995. The highest BCUT2D eigenvalue weighted by Gasteiger charge is 2.19. The Balaban J connectivity index is 4.32. The van der Waals surface area contributed by atoms with Crippen molar-refractivity contribution in [1.82, 2.24) is 0 Å². The summed E-state index contributed by atoms with van der Waals surface area (Å²) in [5, 5.41) is 0. The van der Waals surface area contributed by atoms with Crippen LogP contribution < -0.4 is 0 Å². The second-order valence-electron chi connectivity index (χ2n) is 20.9. The molecule has 3 atom stereocenters. The van der Waals surface area contributed by atoms with Crippen LogP contribution in [-0.2, 0) is 28.6 Å². The van der Waals surface area contributed by atoms with Gasteiger partial charge in [0.2, 0.25) is 0 Å². The van der Waals surface area contributed by atoms with E-state index in [1.807, 2.05) is 0 Å². The average molecular weight is 906 g/mol. The molecule has 0 saturated carbocycles. The normalized spacial score (nSPS) is 13.0. The van der Waals surface area contributed by atoms with Crippen LogP contribution in [0.3, 0.4) is 0 Å². The number of rotatable bonds is 51. The minimum absolute atomic E-state index is 0.0639. The molecule has 0 radical (unpaired) electrons. The molecule has 0 bridgehead atoms. The van der Waals surface area contributed by atoms with Crippen molar-refractivity contribution in [2.45, 2.75) is 324 Å². The van der Waals surface area contributed by atoms with Crippen LogP contribution in [0.1, 0.15) is 318 Å². The zero-order valence-electron chi connectivity index (χ0n) is 44.1. The van der Waals surface area contributed by atoms with Gasteiger partial charge < -0.3 is 14.2 Å². The van der Waals surface area contributed by atoms with E-state index in [9.17, 15) is 14.4 Å². The summed E-state index contributed by atoms with van der Waals surface area (Å²) in [5.74, 6) is 1.75. The minimum atomic E-state index is -0.764. The highest BCUT2D eigenvalue weighted by Crippen LogP contribution is 2.19. The Morgan fingerprint density at radius 1 is 0.312 bits per heavy atom. The lowest BCUT2D eigenvalue weighted by Gasteiger charge is -2.18. The molecule has 0 amide bonds. The van der Waals surface area contributed by atoms with Crippen LogP contribution in [-0.4, -0.2) is 37.2 Å². The van der Waals surface area contributed by atoms with Crippen LogP contribution in [0.2, 0.25) is 0 Å². The number of unbranched alkanes of at least 4 members (excludes halogenated alkanes) is 32. The van der Waals surface area contributed by atoms with Gasteiger partial charge in [-0.15, -0.1) is 0 Å². The maximum absolute atomic E-state index is 12.9. The predicted octanol–water partition coefficient (Wildman–Crippen LogP) is 18.7. The van der Waals surface area contributed by atoms with Crippen molar-refractivity contribution in [3.63, 3.8) is 0 Å². The molecule has 0 aromatic heterocycles. The molecular formula is C58H112O6. The van der Waals surface area contributed by atoms with E-state index in [1.54, 1.807) is 0 Å². The highest BCUT2D eigenvalue weighted by molar-refractivity contribution is 5.71. The Hall–Kier alpha value is -1.59. The van der Waals surface area contributed by atoms with Crippen LogP contribution >= 0.6 is 0 Å². The first kappa shape index (κ1) is 62.4. The van der Waals surface area contributed by atoms with E-state index < -0.39 is 6.10 Å². The molecule has 0 aliphatic heterocycles. The summed E-state index contributed by atoms with van der Waals surface area (Å²) in [6, 6.07) is 0. The maximum atomic E-state index is 12.9. The lowest BCUT2D eigenvalue weighted by atomic mass is 9.99. The molecule has 380 valence electrons. The van der Waals surface area contributed by atoms with E-state index in [0.717, 1.165) is 75.5 Å². The fourth-order valence-electron chi connectivity index (χ4n) is 8.76. The Labute approximate surface area is 399 Å². The number of carbonyl (C=O) groups excluding carboxylic acids is 3. The lowest BCUT2D eigenvalue weighted by Crippen LogP contribution is -2.30. The van der Waals surface area contributed by atoms with Gasteiger partial charge in [-0.25, -0.2) is 0 Å². The Morgan fingerprint density at radius 2 is 0.547 bits per heavy atom. The van der Waals surface area contributed by atoms with Gasteiger partial charge in [0.25, 0.3) is 0 Å². The van der Waals surface area contributed by atoms with Gasteiger partial charge >= 0.3 is 17.9 Å². The summed E-state index contributed by atoms with van der Waals surface area (Å²) in [6.45, 7) is 13.8. The van der Waals surface area contributed by atoms with E-state index in [2.05, 4.69) is 41.5 Å². The van der Waals surface area contributed by atoms with Crippen molar-refractivity contribution in [2.75, 3.05) is 13.2 Å². The molecule has 0 N–H and O–H groups in total. The molecule has 64 heavy (non-hydrogen) atoms. The Kier molecular flexibility index (Phi) is 48.1. The van der Waals surface area contributed by atoms with E-state index in [4.69, 9.17) is 14.2 Å². The van der Waals surface area contributed by atoms with E-state index in [-0.39, 0.29) is 31.1 Å². The van der Waals surface area contributed by atoms with Crippen molar-refractivity contribution in [1.29, 1.82) is 0 Å². The standard InChI is InChI=1S/C58H112O6/c1-7-53(5)45-39-33-27-21-15-11-9-10-12-16-25-31-37-43-49-58(61)64-55(50-62-56(59)47-41-35-29-23-17-13-14-20-26-32-38-44-52(3)4)51-63-57(60)48-42-36-30-24-19-18-22-28-34-40-46-54(6)8-2/h52-55H,7-51H2,1-6H3/t53?,54?,55-/m0/s1. The molecule has 0 saturated heterocycles. The summed E-state index contributed by atoms with van der Waals surface area (Å²) in [5.41, 5.74) is 0. The summed E-state index contributed by atoms with van der Waals surface area (Å²) < 4.78 is 16.9. The van der Waals surface area contributed by atoms with Gasteiger partial charge in [0.1, 0.15) is 13.2 Å². The summed E-state index contributed by atoms with van der Waals surface area (Å²) in [7, 11) is 0. The van der Waals surface area contributed by atoms with Crippen molar-refractivity contribution in [3.05, 3.63) is 0 Å². The maximum Gasteiger partial charge on any atom is 0.306 e. The first-order valence-electron chi connectivity index (χ1n) is 28.7. The smallest absolute Gasteiger partial charge is 0.306 e. The average Bonchev–Trinajstić information content (AvgIpc) is 3.28. The first-order valence-corrected chi connectivity index (χ1v) is 28.7. The summed E-state index contributed by atoms with van der Waals surface area (Å²) in [4.78, 5) is 38.1. The van der Waals surface area contributed by atoms with Crippen LogP contribution in [0, 0.1) is 17.8 Å². The molecular weight excluding hydrogens is 793 g/mol. The van der Waals surface area contributed by atoms with Gasteiger partial charge in [0.15, 0.2) is 6.10 Å². The third kappa shape index (κ3) is 48.3. The lowest BCUT2D eigenvalue weighted by molar-refractivity contribution is -0.167. The van der Waals surface area contributed by atoms with E-state index in [0.29, 0.717) is 19.3 Å².